The van der Waals surface area contributed by atoms with Crippen LogP contribution in [0.3, 0.4) is 0 Å². The Bertz CT molecular complexity index is 289. The number of hydrogen-bond acceptors (Lipinski definition) is 3. The summed E-state index contributed by atoms with van der Waals surface area (Å²) in [7, 11) is 0. The summed E-state index contributed by atoms with van der Waals surface area (Å²) in [4.78, 5) is 25.8. The molecule has 0 heterocycles. The summed E-state index contributed by atoms with van der Waals surface area (Å²) in [5.41, 5.74) is 0. The van der Waals surface area contributed by atoms with Gasteiger partial charge in [-0.2, -0.15) is 0 Å². The number of aliphatic carboxylic acids is 1. The Hall–Kier alpha value is -1.30. The Morgan fingerprint density at radius 1 is 1.35 bits per heavy atom. The van der Waals surface area contributed by atoms with Gasteiger partial charge < -0.3 is 20.0 Å². The van der Waals surface area contributed by atoms with Crippen LogP contribution in [0, 0.1) is 0 Å². The van der Waals surface area contributed by atoms with Crippen molar-refractivity contribution in [2.75, 3.05) is 19.7 Å². The van der Waals surface area contributed by atoms with E-state index in [2.05, 4.69) is 0 Å². The molecule has 0 aliphatic heterocycles. The molecule has 0 aromatic carbocycles. The van der Waals surface area contributed by atoms with Crippen LogP contribution in [0.5, 0.6) is 0 Å². The van der Waals surface area contributed by atoms with E-state index in [-0.39, 0.29) is 37.8 Å². The number of aliphatic hydroxyl groups is 1. The maximum absolute atomic E-state index is 12.2. The number of aliphatic hydroxyl groups excluding tert-OH is 1. The normalized spacial score (nSPS) is 14.8. The molecule has 1 aliphatic carbocycles. The highest BCUT2D eigenvalue weighted by Gasteiger charge is 2.36. The predicted octanol–water partition coefficient (Wildman–Crippen LogP) is 0.358. The lowest BCUT2D eigenvalue weighted by Crippen LogP contribution is -2.50. The lowest BCUT2D eigenvalue weighted by molar-refractivity contribution is -0.137. The van der Waals surface area contributed by atoms with Gasteiger partial charge in [0.15, 0.2) is 0 Å². The van der Waals surface area contributed by atoms with Crippen LogP contribution in [0.4, 0.5) is 4.79 Å². The molecule has 1 saturated carbocycles. The Kier molecular flexibility index (Phi) is 4.74. The highest BCUT2D eigenvalue weighted by atomic mass is 16.4. The molecule has 1 aliphatic rings. The Balaban J connectivity index is 2.70. The molecule has 0 aromatic rings. The van der Waals surface area contributed by atoms with Crippen LogP contribution in [-0.4, -0.2) is 63.8 Å². The number of nitrogens with zero attached hydrogens (tertiary/aromatic N) is 2. The van der Waals surface area contributed by atoms with Crippen LogP contribution in [-0.2, 0) is 4.79 Å². The van der Waals surface area contributed by atoms with Crippen molar-refractivity contribution in [2.24, 2.45) is 0 Å². The molecule has 0 spiro atoms. The van der Waals surface area contributed by atoms with Crippen molar-refractivity contribution in [3.8, 4) is 0 Å². The second-order valence-electron chi connectivity index (χ2n) is 4.55. The lowest BCUT2D eigenvalue weighted by atomic mass is 10.3. The Morgan fingerprint density at radius 2 is 1.94 bits per heavy atom. The van der Waals surface area contributed by atoms with E-state index in [1.807, 2.05) is 13.8 Å². The first-order valence-electron chi connectivity index (χ1n) is 5.87. The summed E-state index contributed by atoms with van der Waals surface area (Å²) in [6.45, 7) is 3.55. The van der Waals surface area contributed by atoms with Gasteiger partial charge in [0.25, 0.3) is 0 Å². The van der Waals surface area contributed by atoms with Gasteiger partial charge in [-0.05, 0) is 26.7 Å². The lowest BCUT2D eigenvalue weighted by Gasteiger charge is -2.32. The average molecular weight is 244 g/mol. The number of carboxylic acids is 1. The van der Waals surface area contributed by atoms with Gasteiger partial charge in [0.1, 0.15) is 6.54 Å². The number of rotatable bonds is 6. The number of carboxylic acid groups (broad SMARTS) is 1. The second kappa shape index (κ2) is 5.86. The number of hydrogen-bond donors (Lipinski definition) is 2. The van der Waals surface area contributed by atoms with Crippen LogP contribution >= 0.6 is 0 Å². The molecule has 0 saturated heterocycles. The SMILES string of the molecule is CC(C)N(CCO)C(=O)N(CC(=O)O)C1CC1. The van der Waals surface area contributed by atoms with Gasteiger partial charge in [-0.25, -0.2) is 4.79 Å². The molecule has 0 atom stereocenters. The highest BCUT2D eigenvalue weighted by Crippen LogP contribution is 2.27. The van der Waals surface area contributed by atoms with Gasteiger partial charge in [-0.3, -0.25) is 4.79 Å². The van der Waals surface area contributed by atoms with Crippen LogP contribution in [0.25, 0.3) is 0 Å². The maximum atomic E-state index is 12.2. The quantitative estimate of drug-likeness (QED) is 0.706. The average Bonchev–Trinajstić information content (AvgIpc) is 3.04. The van der Waals surface area contributed by atoms with Crippen molar-refractivity contribution in [1.82, 2.24) is 9.80 Å². The molecule has 0 aromatic heterocycles. The molecule has 0 radical (unpaired) electrons. The summed E-state index contributed by atoms with van der Waals surface area (Å²) in [5, 5.41) is 17.7. The first-order valence-corrected chi connectivity index (χ1v) is 5.87. The molecule has 1 fully saturated rings. The summed E-state index contributed by atoms with van der Waals surface area (Å²) in [6, 6.07) is -0.290. The van der Waals surface area contributed by atoms with E-state index in [9.17, 15) is 9.59 Å². The molecule has 2 amide bonds. The van der Waals surface area contributed by atoms with Gasteiger partial charge in [0.05, 0.1) is 6.61 Å². The van der Waals surface area contributed by atoms with Crippen molar-refractivity contribution in [3.63, 3.8) is 0 Å². The van der Waals surface area contributed by atoms with Crippen molar-refractivity contribution in [2.45, 2.75) is 38.8 Å². The first-order chi connectivity index (χ1) is 7.97. The molecule has 0 bridgehead atoms. The monoisotopic (exact) mass is 244 g/mol. The largest absolute Gasteiger partial charge is 0.480 e. The molecule has 1 rings (SSSR count). The van der Waals surface area contributed by atoms with Crippen LogP contribution in [0.15, 0.2) is 0 Å². The van der Waals surface area contributed by atoms with E-state index in [4.69, 9.17) is 10.2 Å². The molecule has 17 heavy (non-hydrogen) atoms. The van der Waals surface area contributed by atoms with Gasteiger partial charge >= 0.3 is 12.0 Å². The third-order valence-corrected chi connectivity index (χ3v) is 2.75. The smallest absolute Gasteiger partial charge is 0.323 e. The molecule has 6 heteroatoms. The molecule has 2 N–H and O–H groups in total. The zero-order valence-corrected chi connectivity index (χ0v) is 10.3. The van der Waals surface area contributed by atoms with E-state index >= 15 is 0 Å². The van der Waals surface area contributed by atoms with Crippen molar-refractivity contribution in [1.29, 1.82) is 0 Å². The fourth-order valence-electron chi connectivity index (χ4n) is 1.73. The van der Waals surface area contributed by atoms with Crippen molar-refractivity contribution >= 4 is 12.0 Å². The zero-order valence-electron chi connectivity index (χ0n) is 10.3. The van der Waals surface area contributed by atoms with Crippen LogP contribution < -0.4 is 0 Å². The minimum atomic E-state index is -1.00. The minimum Gasteiger partial charge on any atom is -0.480 e. The molecule has 0 unspecified atom stereocenters. The fraction of sp³-hybridized carbons (Fsp3) is 0.818. The van der Waals surface area contributed by atoms with E-state index in [1.165, 1.54) is 9.80 Å². The summed E-state index contributed by atoms with van der Waals surface area (Å²) >= 11 is 0. The van der Waals surface area contributed by atoms with Crippen molar-refractivity contribution in [3.05, 3.63) is 0 Å². The summed E-state index contributed by atoms with van der Waals surface area (Å²) in [6.07, 6.45) is 1.73. The third kappa shape index (κ3) is 3.89. The highest BCUT2D eigenvalue weighted by molar-refractivity contribution is 5.81. The van der Waals surface area contributed by atoms with Gasteiger partial charge in [0.2, 0.25) is 0 Å². The minimum absolute atomic E-state index is 0.0512. The van der Waals surface area contributed by atoms with Gasteiger partial charge in [-0.15, -0.1) is 0 Å². The first kappa shape index (κ1) is 13.8. The third-order valence-electron chi connectivity index (χ3n) is 2.75. The molecular weight excluding hydrogens is 224 g/mol. The fourth-order valence-corrected chi connectivity index (χ4v) is 1.73. The van der Waals surface area contributed by atoms with Crippen LogP contribution in [0.1, 0.15) is 26.7 Å². The van der Waals surface area contributed by atoms with Gasteiger partial charge in [-0.1, -0.05) is 0 Å². The molecular formula is C11H20N2O4. The maximum Gasteiger partial charge on any atom is 0.323 e. The van der Waals surface area contributed by atoms with E-state index in [0.717, 1.165) is 12.8 Å². The molecule has 98 valence electrons. The topological polar surface area (TPSA) is 81.1 Å². The Morgan fingerprint density at radius 3 is 2.29 bits per heavy atom. The number of amides is 2. The van der Waals surface area contributed by atoms with E-state index < -0.39 is 5.97 Å². The van der Waals surface area contributed by atoms with Gasteiger partial charge in [0, 0.05) is 18.6 Å². The number of carbonyl (C=O) groups excluding carboxylic acids is 1. The Labute approximate surface area is 101 Å². The standard InChI is InChI=1S/C11H20N2O4/c1-8(2)12(5-6-14)11(17)13(7-10(15)16)9-3-4-9/h8-9,14H,3-7H2,1-2H3,(H,15,16). The van der Waals surface area contributed by atoms with Crippen molar-refractivity contribution < 1.29 is 19.8 Å². The second-order valence-corrected chi connectivity index (χ2v) is 4.55. The number of urea groups is 1. The summed E-state index contributed by atoms with van der Waals surface area (Å²) < 4.78 is 0. The van der Waals surface area contributed by atoms with Crippen LogP contribution in [0.2, 0.25) is 0 Å². The van der Waals surface area contributed by atoms with E-state index in [1.54, 1.807) is 0 Å². The summed E-state index contributed by atoms with van der Waals surface area (Å²) in [5.74, 6) is -1.00. The van der Waals surface area contributed by atoms with E-state index in [0.29, 0.717) is 0 Å². The molecule has 6 nitrogen and oxygen atoms in total. The number of carbonyl (C=O) groups is 2. The predicted molar refractivity (Wildman–Crippen MR) is 61.7 cm³/mol. The zero-order chi connectivity index (χ0) is 13.0.